The number of nitrogens with zero attached hydrogens (tertiary/aromatic N) is 3. The number of thiazole rings is 1. The molecule has 0 saturated carbocycles. The first kappa shape index (κ1) is 19.4. The predicted octanol–water partition coefficient (Wildman–Crippen LogP) is 6.31. The van der Waals surface area contributed by atoms with Crippen LogP contribution in [0.2, 0.25) is 0 Å². The molecule has 152 valence electrons. The summed E-state index contributed by atoms with van der Waals surface area (Å²) in [7, 11) is 0. The van der Waals surface area contributed by atoms with Gasteiger partial charge in [0.05, 0.1) is 22.5 Å². The summed E-state index contributed by atoms with van der Waals surface area (Å²) in [5.74, 6) is -0.0733. The Kier molecular flexibility index (Phi) is 4.96. The molecule has 0 aliphatic rings. The molecule has 0 spiro atoms. The van der Waals surface area contributed by atoms with Crippen LogP contribution in [0.25, 0.3) is 21.0 Å². The molecule has 31 heavy (non-hydrogen) atoms. The Morgan fingerprint density at radius 1 is 0.935 bits per heavy atom. The van der Waals surface area contributed by atoms with E-state index in [-0.39, 0.29) is 5.91 Å². The molecule has 2 heterocycles. The third-order valence-electron chi connectivity index (χ3n) is 5.62. The standard InChI is InChI=1S/C26H21N3OS/c1-17-13-14-23-24(18(17)2)28-26(31-23)29(16-20-10-5-6-15-27-20)25(30)22-12-7-9-19-8-3-4-11-21(19)22/h3-15H,16H2,1-2H3. The van der Waals surface area contributed by atoms with Crippen LogP contribution in [-0.4, -0.2) is 15.9 Å². The zero-order chi connectivity index (χ0) is 21.4. The first-order chi connectivity index (χ1) is 15.1. The monoisotopic (exact) mass is 423 g/mol. The molecule has 0 aliphatic heterocycles. The molecule has 0 aliphatic carbocycles. The van der Waals surface area contributed by atoms with E-state index in [0.717, 1.165) is 32.2 Å². The Morgan fingerprint density at radius 2 is 1.74 bits per heavy atom. The molecule has 0 fully saturated rings. The van der Waals surface area contributed by atoms with Crippen molar-refractivity contribution in [3.63, 3.8) is 0 Å². The smallest absolute Gasteiger partial charge is 0.261 e. The summed E-state index contributed by atoms with van der Waals surface area (Å²) >= 11 is 1.54. The lowest BCUT2D eigenvalue weighted by Crippen LogP contribution is -2.30. The van der Waals surface area contributed by atoms with Crippen molar-refractivity contribution in [2.45, 2.75) is 20.4 Å². The lowest BCUT2D eigenvalue weighted by atomic mass is 10.0. The van der Waals surface area contributed by atoms with E-state index in [1.165, 1.54) is 5.56 Å². The van der Waals surface area contributed by atoms with Crippen molar-refractivity contribution < 1.29 is 4.79 Å². The number of aryl methyl sites for hydroxylation is 2. The molecule has 0 saturated heterocycles. The van der Waals surface area contributed by atoms with E-state index >= 15 is 0 Å². The molecule has 3 aromatic carbocycles. The van der Waals surface area contributed by atoms with Gasteiger partial charge in [-0.1, -0.05) is 59.9 Å². The van der Waals surface area contributed by atoms with Crippen LogP contribution in [0.4, 0.5) is 5.13 Å². The van der Waals surface area contributed by atoms with Crippen molar-refractivity contribution in [2.75, 3.05) is 4.90 Å². The van der Waals surface area contributed by atoms with Gasteiger partial charge in [-0.2, -0.15) is 0 Å². The number of benzene rings is 3. The predicted molar refractivity (Wildman–Crippen MR) is 128 cm³/mol. The van der Waals surface area contributed by atoms with Crippen LogP contribution in [0.1, 0.15) is 27.2 Å². The molecule has 1 amide bonds. The fraction of sp³-hybridized carbons (Fsp3) is 0.115. The lowest BCUT2D eigenvalue weighted by molar-refractivity contribution is 0.0986. The van der Waals surface area contributed by atoms with Crippen LogP contribution >= 0.6 is 11.3 Å². The molecule has 0 atom stereocenters. The molecule has 2 aromatic heterocycles. The Hall–Kier alpha value is -3.57. The van der Waals surface area contributed by atoms with Gasteiger partial charge in [-0.3, -0.25) is 14.7 Å². The topological polar surface area (TPSA) is 46.1 Å². The molecular weight excluding hydrogens is 402 g/mol. The van der Waals surface area contributed by atoms with E-state index < -0.39 is 0 Å². The van der Waals surface area contributed by atoms with E-state index in [1.54, 1.807) is 22.4 Å². The number of carbonyl (C=O) groups excluding carboxylic acids is 1. The summed E-state index contributed by atoms with van der Waals surface area (Å²) < 4.78 is 1.08. The Bertz CT molecular complexity index is 1400. The number of carbonyl (C=O) groups is 1. The third-order valence-corrected chi connectivity index (χ3v) is 6.66. The zero-order valence-electron chi connectivity index (χ0n) is 17.4. The molecule has 0 unspecified atom stereocenters. The zero-order valence-corrected chi connectivity index (χ0v) is 18.2. The Labute approximate surface area is 184 Å². The summed E-state index contributed by atoms with van der Waals surface area (Å²) in [6.07, 6.45) is 1.75. The van der Waals surface area contributed by atoms with Crippen molar-refractivity contribution in [3.8, 4) is 0 Å². The van der Waals surface area contributed by atoms with Gasteiger partial charge in [-0.05, 0) is 60.0 Å². The SMILES string of the molecule is Cc1ccc2sc(N(Cc3ccccn3)C(=O)c3cccc4ccccc34)nc2c1C. The van der Waals surface area contributed by atoms with Crippen LogP contribution in [0.3, 0.4) is 0 Å². The van der Waals surface area contributed by atoms with Crippen molar-refractivity contribution in [2.24, 2.45) is 0 Å². The van der Waals surface area contributed by atoms with Crippen molar-refractivity contribution >= 4 is 43.4 Å². The van der Waals surface area contributed by atoms with Gasteiger partial charge in [0.25, 0.3) is 5.91 Å². The van der Waals surface area contributed by atoms with E-state index in [1.807, 2.05) is 60.7 Å². The highest BCUT2D eigenvalue weighted by Crippen LogP contribution is 2.34. The highest BCUT2D eigenvalue weighted by molar-refractivity contribution is 7.22. The minimum absolute atomic E-state index is 0.0733. The first-order valence-corrected chi connectivity index (χ1v) is 11.0. The van der Waals surface area contributed by atoms with Gasteiger partial charge in [0, 0.05) is 11.8 Å². The minimum Gasteiger partial charge on any atom is -0.278 e. The molecule has 5 rings (SSSR count). The van der Waals surface area contributed by atoms with E-state index in [2.05, 4.69) is 31.0 Å². The maximum atomic E-state index is 13.9. The highest BCUT2D eigenvalue weighted by Gasteiger charge is 2.24. The number of anilines is 1. The normalized spacial score (nSPS) is 11.2. The second-order valence-corrected chi connectivity index (χ2v) is 8.60. The average molecular weight is 424 g/mol. The van der Waals surface area contributed by atoms with Crippen LogP contribution in [-0.2, 0) is 6.54 Å². The second kappa shape index (κ2) is 7.93. The molecule has 0 N–H and O–H groups in total. The number of hydrogen-bond acceptors (Lipinski definition) is 4. The number of amides is 1. The quantitative estimate of drug-likeness (QED) is 0.340. The van der Waals surface area contributed by atoms with Gasteiger partial charge in [-0.25, -0.2) is 4.98 Å². The van der Waals surface area contributed by atoms with Gasteiger partial charge in [0.15, 0.2) is 5.13 Å². The minimum atomic E-state index is -0.0733. The number of rotatable bonds is 4. The van der Waals surface area contributed by atoms with Gasteiger partial charge in [0.2, 0.25) is 0 Å². The largest absolute Gasteiger partial charge is 0.278 e. The van der Waals surface area contributed by atoms with E-state index in [0.29, 0.717) is 17.2 Å². The summed E-state index contributed by atoms with van der Waals surface area (Å²) in [4.78, 5) is 25.0. The summed E-state index contributed by atoms with van der Waals surface area (Å²) in [5.41, 5.74) is 4.79. The third kappa shape index (κ3) is 3.57. The van der Waals surface area contributed by atoms with Gasteiger partial charge in [0.1, 0.15) is 0 Å². The molecule has 5 aromatic rings. The number of pyridine rings is 1. The van der Waals surface area contributed by atoms with E-state index in [9.17, 15) is 4.79 Å². The maximum Gasteiger partial charge on any atom is 0.261 e. The first-order valence-electron chi connectivity index (χ1n) is 10.2. The second-order valence-electron chi connectivity index (χ2n) is 7.59. The van der Waals surface area contributed by atoms with Crippen molar-refractivity contribution in [1.82, 2.24) is 9.97 Å². The molecule has 5 heteroatoms. The molecule has 0 radical (unpaired) electrons. The van der Waals surface area contributed by atoms with Gasteiger partial charge in [-0.15, -0.1) is 0 Å². The van der Waals surface area contributed by atoms with Crippen molar-refractivity contribution in [3.05, 3.63) is 101 Å². The summed E-state index contributed by atoms with van der Waals surface area (Å²) in [5, 5.41) is 2.67. The van der Waals surface area contributed by atoms with Crippen LogP contribution in [0, 0.1) is 13.8 Å². The Morgan fingerprint density at radius 3 is 2.58 bits per heavy atom. The van der Waals surface area contributed by atoms with Crippen LogP contribution in [0.15, 0.2) is 79.0 Å². The van der Waals surface area contributed by atoms with Gasteiger partial charge < -0.3 is 0 Å². The average Bonchev–Trinajstić information content (AvgIpc) is 3.24. The van der Waals surface area contributed by atoms with Gasteiger partial charge >= 0.3 is 0 Å². The summed E-state index contributed by atoms with van der Waals surface area (Å²) in [6.45, 7) is 4.53. The lowest BCUT2D eigenvalue weighted by Gasteiger charge is -2.20. The Balaban J connectivity index is 1.65. The molecule has 0 bridgehead atoms. The molecular formula is C26H21N3OS. The maximum absolute atomic E-state index is 13.9. The van der Waals surface area contributed by atoms with E-state index in [4.69, 9.17) is 4.98 Å². The highest BCUT2D eigenvalue weighted by atomic mass is 32.1. The number of hydrogen-bond donors (Lipinski definition) is 0. The van der Waals surface area contributed by atoms with Crippen molar-refractivity contribution in [1.29, 1.82) is 0 Å². The van der Waals surface area contributed by atoms with Crippen LogP contribution < -0.4 is 4.90 Å². The fourth-order valence-electron chi connectivity index (χ4n) is 3.77. The number of aromatic nitrogens is 2. The fourth-order valence-corrected chi connectivity index (χ4v) is 4.79. The number of fused-ring (bicyclic) bond motifs is 2. The van der Waals surface area contributed by atoms with Crippen LogP contribution in [0.5, 0.6) is 0 Å². The molecule has 4 nitrogen and oxygen atoms in total. The summed E-state index contributed by atoms with van der Waals surface area (Å²) in [6, 6.07) is 23.8.